The van der Waals surface area contributed by atoms with Gasteiger partial charge in [-0.25, -0.2) is 0 Å². The largest absolute Gasteiger partial charge is 0.461 e. The summed E-state index contributed by atoms with van der Waals surface area (Å²) in [6, 6.07) is 18.9. The molecule has 1 atom stereocenters. The molecule has 1 unspecified atom stereocenters. The standard InChI is InChI=1S/C21H17N5O4S/c1-14(20(27)22-15-7-5-10-17(13-15)26(28)29)31-21-24-23-19(18-11-6-12-30-18)25(21)16-8-3-2-4-9-16/h2-14H,1H3,(H,22,27). The third-order valence-corrected chi connectivity index (χ3v) is 5.41. The number of benzene rings is 2. The Hall–Kier alpha value is -3.92. The zero-order chi connectivity index (χ0) is 21.8. The van der Waals surface area contributed by atoms with Crippen LogP contribution in [0, 0.1) is 10.1 Å². The molecule has 0 radical (unpaired) electrons. The van der Waals surface area contributed by atoms with Gasteiger partial charge in [-0.05, 0) is 37.3 Å². The van der Waals surface area contributed by atoms with Crippen LogP contribution in [-0.4, -0.2) is 30.8 Å². The molecule has 0 spiro atoms. The van der Waals surface area contributed by atoms with Gasteiger partial charge < -0.3 is 9.73 Å². The van der Waals surface area contributed by atoms with E-state index < -0.39 is 10.2 Å². The first-order valence-electron chi connectivity index (χ1n) is 9.29. The number of para-hydroxylation sites is 1. The van der Waals surface area contributed by atoms with Crippen molar-refractivity contribution in [2.75, 3.05) is 5.32 Å². The molecule has 4 aromatic rings. The van der Waals surface area contributed by atoms with Crippen molar-refractivity contribution in [3.05, 3.63) is 83.1 Å². The molecular weight excluding hydrogens is 418 g/mol. The summed E-state index contributed by atoms with van der Waals surface area (Å²) in [4.78, 5) is 23.1. The number of amides is 1. The van der Waals surface area contributed by atoms with Crippen LogP contribution in [0.2, 0.25) is 0 Å². The number of anilines is 1. The molecule has 0 fully saturated rings. The minimum absolute atomic E-state index is 0.0926. The van der Waals surface area contributed by atoms with Crippen molar-refractivity contribution in [2.24, 2.45) is 0 Å². The minimum Gasteiger partial charge on any atom is -0.461 e. The van der Waals surface area contributed by atoms with E-state index in [0.717, 1.165) is 5.69 Å². The first kappa shape index (κ1) is 20.4. The molecule has 0 saturated heterocycles. The number of carbonyl (C=O) groups is 1. The van der Waals surface area contributed by atoms with Crippen molar-refractivity contribution in [3.63, 3.8) is 0 Å². The van der Waals surface area contributed by atoms with Gasteiger partial charge in [-0.2, -0.15) is 0 Å². The minimum atomic E-state index is -0.546. The lowest BCUT2D eigenvalue weighted by Gasteiger charge is -2.13. The highest BCUT2D eigenvalue weighted by Crippen LogP contribution is 2.30. The average molecular weight is 435 g/mol. The lowest BCUT2D eigenvalue weighted by atomic mass is 10.2. The van der Waals surface area contributed by atoms with Crippen LogP contribution >= 0.6 is 11.8 Å². The summed E-state index contributed by atoms with van der Waals surface area (Å²) in [5, 5.41) is 22.1. The average Bonchev–Trinajstić information content (AvgIpc) is 3.44. The van der Waals surface area contributed by atoms with Gasteiger partial charge in [-0.1, -0.05) is 36.0 Å². The molecule has 31 heavy (non-hydrogen) atoms. The second-order valence-electron chi connectivity index (χ2n) is 6.51. The predicted octanol–water partition coefficient (Wildman–Crippen LogP) is 4.55. The molecule has 0 saturated carbocycles. The highest BCUT2D eigenvalue weighted by Gasteiger charge is 2.23. The maximum atomic E-state index is 12.7. The first-order chi connectivity index (χ1) is 15.0. The van der Waals surface area contributed by atoms with E-state index in [1.54, 1.807) is 31.4 Å². The van der Waals surface area contributed by atoms with Crippen LogP contribution in [0.25, 0.3) is 17.3 Å². The first-order valence-corrected chi connectivity index (χ1v) is 10.2. The summed E-state index contributed by atoms with van der Waals surface area (Å²) in [6.45, 7) is 1.73. The Morgan fingerprint density at radius 3 is 2.65 bits per heavy atom. The molecule has 4 rings (SSSR count). The van der Waals surface area contributed by atoms with Crippen molar-refractivity contribution in [3.8, 4) is 17.3 Å². The molecule has 9 nitrogen and oxygen atoms in total. The van der Waals surface area contributed by atoms with Crippen LogP contribution in [0.4, 0.5) is 11.4 Å². The predicted molar refractivity (Wildman–Crippen MR) is 116 cm³/mol. The summed E-state index contributed by atoms with van der Waals surface area (Å²) < 4.78 is 7.31. The number of carbonyl (C=O) groups excluding carboxylic acids is 1. The second-order valence-corrected chi connectivity index (χ2v) is 7.82. The summed E-state index contributed by atoms with van der Waals surface area (Å²) in [6.07, 6.45) is 1.56. The Balaban J connectivity index is 1.58. The van der Waals surface area contributed by atoms with Crippen LogP contribution < -0.4 is 5.32 Å². The molecule has 0 aliphatic carbocycles. The normalized spacial score (nSPS) is 11.8. The van der Waals surface area contributed by atoms with Gasteiger partial charge in [0.05, 0.1) is 16.4 Å². The summed E-state index contributed by atoms with van der Waals surface area (Å²) in [5.41, 5.74) is 1.09. The van der Waals surface area contributed by atoms with Crippen LogP contribution in [0.5, 0.6) is 0 Å². The molecule has 1 N–H and O–H groups in total. The third-order valence-electron chi connectivity index (χ3n) is 4.37. The van der Waals surface area contributed by atoms with Crippen LogP contribution in [0.15, 0.2) is 82.6 Å². The van der Waals surface area contributed by atoms with Gasteiger partial charge in [0.25, 0.3) is 5.69 Å². The van der Waals surface area contributed by atoms with Gasteiger partial charge in [-0.3, -0.25) is 19.5 Å². The number of nitro groups is 1. The van der Waals surface area contributed by atoms with Crippen molar-refractivity contribution in [2.45, 2.75) is 17.3 Å². The monoisotopic (exact) mass is 435 g/mol. The molecule has 2 aromatic carbocycles. The molecule has 0 bridgehead atoms. The number of thioether (sulfide) groups is 1. The number of nitro benzene ring substituents is 1. The summed E-state index contributed by atoms with van der Waals surface area (Å²) in [7, 11) is 0. The van der Waals surface area contributed by atoms with Crippen molar-refractivity contribution in [1.82, 2.24) is 14.8 Å². The van der Waals surface area contributed by atoms with Crippen LogP contribution in [0.3, 0.4) is 0 Å². The fourth-order valence-corrected chi connectivity index (χ4v) is 3.74. The molecule has 0 aliphatic heterocycles. The molecule has 2 aromatic heterocycles. The third kappa shape index (κ3) is 4.48. The maximum absolute atomic E-state index is 12.7. The van der Waals surface area contributed by atoms with E-state index in [0.29, 0.717) is 22.4 Å². The van der Waals surface area contributed by atoms with E-state index in [-0.39, 0.29) is 11.6 Å². The molecular formula is C21H17N5O4S. The highest BCUT2D eigenvalue weighted by atomic mass is 32.2. The van der Waals surface area contributed by atoms with Gasteiger partial charge in [0.1, 0.15) is 0 Å². The smallest absolute Gasteiger partial charge is 0.271 e. The lowest BCUT2D eigenvalue weighted by molar-refractivity contribution is -0.384. The molecule has 156 valence electrons. The Bertz CT molecular complexity index is 1210. The van der Waals surface area contributed by atoms with Crippen molar-refractivity contribution < 1.29 is 14.1 Å². The fourth-order valence-electron chi connectivity index (χ4n) is 2.87. The number of nitrogens with zero attached hydrogens (tertiary/aromatic N) is 4. The number of rotatable bonds is 7. The second kappa shape index (κ2) is 8.84. The van der Waals surface area contributed by atoms with Crippen LogP contribution in [-0.2, 0) is 4.79 Å². The summed E-state index contributed by atoms with van der Waals surface area (Å²) >= 11 is 1.22. The number of nitrogens with one attached hydrogen (secondary N) is 1. The van der Waals surface area contributed by atoms with E-state index in [1.807, 2.05) is 34.9 Å². The number of hydrogen-bond acceptors (Lipinski definition) is 7. The quantitative estimate of drug-likeness (QED) is 0.257. The summed E-state index contributed by atoms with van der Waals surface area (Å²) in [5.74, 6) is 0.759. The number of non-ortho nitro benzene ring substituents is 1. The van der Waals surface area contributed by atoms with Gasteiger partial charge in [0, 0.05) is 23.5 Å². The van der Waals surface area contributed by atoms with Crippen molar-refractivity contribution >= 4 is 29.0 Å². The molecule has 10 heteroatoms. The molecule has 0 aliphatic rings. The number of furan rings is 1. The Labute approximate surface area is 181 Å². The van der Waals surface area contributed by atoms with Crippen molar-refractivity contribution in [1.29, 1.82) is 0 Å². The van der Waals surface area contributed by atoms with E-state index in [4.69, 9.17) is 4.42 Å². The molecule has 1 amide bonds. The topological polar surface area (TPSA) is 116 Å². The zero-order valence-electron chi connectivity index (χ0n) is 16.3. The van der Waals surface area contributed by atoms with Crippen LogP contribution in [0.1, 0.15) is 6.92 Å². The van der Waals surface area contributed by atoms with Gasteiger partial charge >= 0.3 is 0 Å². The Morgan fingerprint density at radius 1 is 1.13 bits per heavy atom. The lowest BCUT2D eigenvalue weighted by Crippen LogP contribution is -2.23. The number of aromatic nitrogens is 3. The zero-order valence-corrected chi connectivity index (χ0v) is 17.2. The molecule has 2 heterocycles. The SMILES string of the molecule is CC(Sc1nnc(-c2ccco2)n1-c1ccccc1)C(=O)Nc1cccc([N+](=O)[O-])c1. The van der Waals surface area contributed by atoms with E-state index in [2.05, 4.69) is 15.5 Å². The Kier molecular flexibility index (Phi) is 5.80. The maximum Gasteiger partial charge on any atom is 0.271 e. The highest BCUT2D eigenvalue weighted by molar-refractivity contribution is 8.00. The van der Waals surface area contributed by atoms with Gasteiger partial charge in [0.2, 0.25) is 11.7 Å². The van der Waals surface area contributed by atoms with E-state index in [9.17, 15) is 14.9 Å². The fraction of sp³-hybridized carbons (Fsp3) is 0.0952. The Morgan fingerprint density at radius 2 is 1.94 bits per heavy atom. The van der Waals surface area contributed by atoms with E-state index in [1.165, 1.54) is 30.0 Å². The van der Waals surface area contributed by atoms with E-state index >= 15 is 0 Å². The number of hydrogen-bond donors (Lipinski definition) is 1. The van der Waals surface area contributed by atoms with Gasteiger partial charge in [-0.15, -0.1) is 10.2 Å². The van der Waals surface area contributed by atoms with Gasteiger partial charge in [0.15, 0.2) is 10.9 Å².